The second kappa shape index (κ2) is 8.47. The van der Waals surface area contributed by atoms with E-state index in [1.54, 1.807) is 17.9 Å². The molecule has 1 fully saturated rings. The van der Waals surface area contributed by atoms with E-state index in [1.165, 1.54) is 13.1 Å². The molecule has 0 radical (unpaired) electrons. The molecule has 1 N–H and O–H groups in total. The fourth-order valence-electron chi connectivity index (χ4n) is 4.81. The van der Waals surface area contributed by atoms with E-state index in [4.69, 9.17) is 11.6 Å². The molecule has 7 heteroatoms. The summed E-state index contributed by atoms with van der Waals surface area (Å²) in [6, 6.07) is 5.44. The Kier molecular flexibility index (Phi) is 6.01. The van der Waals surface area contributed by atoms with Gasteiger partial charge in [-0.2, -0.15) is 0 Å². The van der Waals surface area contributed by atoms with Gasteiger partial charge in [-0.25, -0.2) is 4.39 Å². The number of hydrogen-bond acceptors (Lipinski definition) is 3. The minimum absolute atomic E-state index is 0.0648. The van der Waals surface area contributed by atoms with E-state index in [1.807, 2.05) is 26.0 Å². The van der Waals surface area contributed by atoms with Gasteiger partial charge in [0.2, 0.25) is 5.67 Å². The van der Waals surface area contributed by atoms with Crippen LogP contribution >= 0.6 is 11.6 Å². The van der Waals surface area contributed by atoms with Crippen LogP contribution in [-0.4, -0.2) is 29.4 Å². The smallest absolute Gasteiger partial charge is 0.269 e. The molecule has 0 spiro atoms. The number of carbonyl (C=O) groups excluding carboxylic acids is 2. The van der Waals surface area contributed by atoms with Gasteiger partial charge in [0.05, 0.1) is 22.0 Å². The average molecular weight is 458 g/mol. The average Bonchev–Trinajstić information content (AvgIpc) is 2.92. The van der Waals surface area contributed by atoms with Crippen molar-refractivity contribution in [1.29, 1.82) is 0 Å². The normalized spacial score (nSPS) is 25.1. The molecule has 2 heterocycles. The first-order chi connectivity index (χ1) is 15.1. The van der Waals surface area contributed by atoms with E-state index in [0.29, 0.717) is 34.1 Å². The molecule has 32 heavy (non-hydrogen) atoms. The van der Waals surface area contributed by atoms with Gasteiger partial charge in [-0.3, -0.25) is 14.6 Å². The zero-order valence-electron chi connectivity index (χ0n) is 19.0. The number of hydrogen-bond donors (Lipinski definition) is 1. The molecule has 2 aromatic rings. The number of fused-ring (bicyclic) bond motifs is 1. The predicted molar refractivity (Wildman–Crippen MR) is 124 cm³/mol. The van der Waals surface area contributed by atoms with Crippen molar-refractivity contribution in [2.75, 3.05) is 11.4 Å². The third kappa shape index (κ3) is 4.13. The van der Waals surface area contributed by atoms with Gasteiger partial charge in [0.1, 0.15) is 0 Å². The molecule has 1 aliphatic heterocycles. The monoisotopic (exact) mass is 457 g/mol. The Bertz CT molecular complexity index is 1080. The Hall–Kier alpha value is -2.47. The summed E-state index contributed by atoms with van der Waals surface area (Å²) in [5.74, 6) is -0.370. The summed E-state index contributed by atoms with van der Waals surface area (Å²) >= 11 is 5.99. The highest BCUT2D eigenvalue weighted by Crippen LogP contribution is 2.45. The number of amides is 2. The summed E-state index contributed by atoms with van der Waals surface area (Å²) in [5.41, 5.74) is 2.36. The summed E-state index contributed by atoms with van der Waals surface area (Å²) in [7, 11) is 0. The maximum atomic E-state index is 15.3. The van der Waals surface area contributed by atoms with Gasteiger partial charge in [-0.15, -0.1) is 0 Å². The predicted octanol–water partition coefficient (Wildman–Crippen LogP) is 5.18. The van der Waals surface area contributed by atoms with Crippen molar-refractivity contribution in [3.63, 3.8) is 0 Å². The van der Waals surface area contributed by atoms with Crippen molar-refractivity contribution < 1.29 is 14.0 Å². The van der Waals surface area contributed by atoms with Crippen LogP contribution in [0.5, 0.6) is 0 Å². The van der Waals surface area contributed by atoms with E-state index >= 15 is 4.39 Å². The molecule has 1 aliphatic carbocycles. The molecule has 1 unspecified atom stereocenters. The van der Waals surface area contributed by atoms with Gasteiger partial charge < -0.3 is 10.2 Å². The third-order valence-electron chi connectivity index (χ3n) is 6.98. The Morgan fingerprint density at radius 3 is 2.53 bits per heavy atom. The van der Waals surface area contributed by atoms with Crippen LogP contribution in [0.25, 0.3) is 0 Å². The molecule has 1 aromatic carbocycles. The molecular weight excluding hydrogens is 429 g/mol. The Morgan fingerprint density at radius 2 is 1.84 bits per heavy atom. The minimum Gasteiger partial charge on any atom is -0.349 e. The van der Waals surface area contributed by atoms with E-state index in [2.05, 4.69) is 10.3 Å². The minimum atomic E-state index is -1.98. The first-order valence-electron chi connectivity index (χ1n) is 11.1. The lowest BCUT2D eigenvalue weighted by Gasteiger charge is -2.32. The lowest BCUT2D eigenvalue weighted by Crippen LogP contribution is -2.42. The van der Waals surface area contributed by atoms with E-state index in [9.17, 15) is 9.59 Å². The van der Waals surface area contributed by atoms with Crippen LogP contribution in [0.4, 0.5) is 10.1 Å². The number of alkyl halides is 1. The highest BCUT2D eigenvalue weighted by Gasteiger charge is 2.48. The van der Waals surface area contributed by atoms with Crippen molar-refractivity contribution in [2.45, 2.75) is 65.1 Å². The molecule has 1 saturated carbocycles. The maximum absolute atomic E-state index is 15.3. The summed E-state index contributed by atoms with van der Waals surface area (Å²) < 4.78 is 15.3. The lowest BCUT2D eigenvalue weighted by molar-refractivity contribution is -0.128. The molecule has 1 aromatic heterocycles. The third-order valence-corrected chi connectivity index (χ3v) is 7.18. The number of anilines is 1. The zero-order valence-corrected chi connectivity index (χ0v) is 19.7. The van der Waals surface area contributed by atoms with Crippen molar-refractivity contribution >= 4 is 29.1 Å². The molecule has 5 nitrogen and oxygen atoms in total. The van der Waals surface area contributed by atoms with Crippen molar-refractivity contribution in [3.05, 3.63) is 57.4 Å². The van der Waals surface area contributed by atoms with E-state index in [0.717, 1.165) is 36.8 Å². The maximum Gasteiger partial charge on any atom is 0.269 e. The van der Waals surface area contributed by atoms with Crippen LogP contribution in [-0.2, 0) is 10.5 Å². The fraction of sp³-hybridized carbons (Fsp3) is 0.480. The van der Waals surface area contributed by atoms with Crippen LogP contribution < -0.4 is 10.2 Å². The summed E-state index contributed by atoms with van der Waals surface area (Å²) in [6.07, 6.45) is 4.90. The highest BCUT2D eigenvalue weighted by atomic mass is 35.5. The number of benzene rings is 1. The molecule has 170 valence electrons. The van der Waals surface area contributed by atoms with Crippen LogP contribution in [0.1, 0.15) is 65.3 Å². The van der Waals surface area contributed by atoms with Crippen molar-refractivity contribution in [1.82, 2.24) is 10.3 Å². The summed E-state index contributed by atoms with van der Waals surface area (Å²) in [5, 5.41) is 3.53. The van der Waals surface area contributed by atoms with Crippen molar-refractivity contribution in [3.8, 4) is 0 Å². The van der Waals surface area contributed by atoms with Crippen LogP contribution in [0.15, 0.2) is 24.4 Å². The molecule has 1 atom stereocenters. The quantitative estimate of drug-likeness (QED) is 0.688. The number of aromatic nitrogens is 1. The number of nitrogens with one attached hydrogen (secondary N) is 1. The van der Waals surface area contributed by atoms with E-state index < -0.39 is 11.6 Å². The fourth-order valence-corrected chi connectivity index (χ4v) is 4.97. The number of aryl methyl sites for hydroxylation is 3. The van der Waals surface area contributed by atoms with Crippen LogP contribution in [0.3, 0.4) is 0 Å². The standard InChI is InChI=1S/C25H29ClFN3O2/c1-14-9-21-22(10-15(14)2)30(24(32)25(21,4)27)13-17-5-7-19(8-6-17)29-23(31)20-11-18(26)12-28-16(20)3/h9-12,17,19H,5-8,13H2,1-4H3,(H,29,31)/t17-,19-,25?. The summed E-state index contributed by atoms with van der Waals surface area (Å²) in [4.78, 5) is 31.3. The lowest BCUT2D eigenvalue weighted by atomic mass is 9.85. The zero-order chi connectivity index (χ0) is 23.2. The number of nitrogens with zero attached hydrogens (tertiary/aromatic N) is 2. The topological polar surface area (TPSA) is 62.3 Å². The molecule has 0 saturated heterocycles. The second-order valence-electron chi connectivity index (χ2n) is 9.35. The summed E-state index contributed by atoms with van der Waals surface area (Å²) in [6.45, 7) is 7.58. The van der Waals surface area contributed by atoms with Gasteiger partial charge in [0, 0.05) is 24.3 Å². The van der Waals surface area contributed by atoms with Crippen molar-refractivity contribution in [2.24, 2.45) is 5.92 Å². The van der Waals surface area contributed by atoms with Gasteiger partial charge in [-0.1, -0.05) is 11.6 Å². The molecule has 0 bridgehead atoms. The number of halogens is 2. The van der Waals surface area contributed by atoms with Gasteiger partial charge >= 0.3 is 0 Å². The first-order valence-corrected chi connectivity index (χ1v) is 11.5. The number of rotatable bonds is 4. The van der Waals surface area contributed by atoms with Crippen LogP contribution in [0, 0.1) is 26.7 Å². The van der Waals surface area contributed by atoms with Crippen LogP contribution in [0.2, 0.25) is 5.02 Å². The number of pyridine rings is 1. The number of carbonyl (C=O) groups is 2. The Morgan fingerprint density at radius 1 is 1.19 bits per heavy atom. The van der Waals surface area contributed by atoms with Gasteiger partial charge in [0.15, 0.2) is 0 Å². The van der Waals surface area contributed by atoms with Gasteiger partial charge in [-0.05, 0) is 88.6 Å². The van der Waals surface area contributed by atoms with Gasteiger partial charge in [0.25, 0.3) is 11.8 Å². The molecule has 2 amide bonds. The largest absolute Gasteiger partial charge is 0.349 e. The molecular formula is C25H29ClFN3O2. The molecule has 4 rings (SSSR count). The SMILES string of the molecule is Cc1cc2c(cc1C)C(C)(F)C(=O)N2C[C@H]1CC[C@H](NC(=O)c2cc(Cl)cnc2C)CC1. The first kappa shape index (κ1) is 22.7. The highest BCUT2D eigenvalue weighted by molar-refractivity contribution is 6.30. The Labute approximate surface area is 193 Å². The second-order valence-corrected chi connectivity index (χ2v) is 9.79. The van der Waals surface area contributed by atoms with E-state index in [-0.39, 0.29) is 17.9 Å². The molecule has 2 aliphatic rings. The Balaban J connectivity index is 1.40.